The molecule has 144 valence electrons. The van der Waals surface area contributed by atoms with E-state index in [2.05, 4.69) is 20.1 Å². The quantitative estimate of drug-likeness (QED) is 0.883. The van der Waals surface area contributed by atoms with Crippen LogP contribution in [0.15, 0.2) is 24.3 Å². The molecule has 1 aromatic heterocycles. The second-order valence-electron chi connectivity index (χ2n) is 7.09. The summed E-state index contributed by atoms with van der Waals surface area (Å²) in [4.78, 5) is 14.5. The molecule has 3 heterocycles. The molecule has 7 nitrogen and oxygen atoms in total. The Morgan fingerprint density at radius 1 is 1.26 bits per heavy atom. The van der Waals surface area contributed by atoms with Crippen LogP contribution in [-0.2, 0) is 17.9 Å². The molecule has 1 unspecified atom stereocenters. The Kier molecular flexibility index (Phi) is 5.07. The molecule has 4 rings (SSSR count). The summed E-state index contributed by atoms with van der Waals surface area (Å²) in [7, 11) is 0. The molecule has 1 saturated heterocycles. The maximum absolute atomic E-state index is 13.7. The maximum Gasteiger partial charge on any atom is 0.263 e. The standard InChI is InChI=1S/C19H24FN5O2/c1-13(27-16-5-3-2-4-15(16)20)19(26)24-9-6-14(7-10-24)18-23-22-17-12-21-8-11-25(17)18/h2-5,13-14,21H,6-12H2,1H3. The third kappa shape index (κ3) is 3.66. The summed E-state index contributed by atoms with van der Waals surface area (Å²) < 4.78 is 21.5. The van der Waals surface area contributed by atoms with E-state index in [1.54, 1.807) is 24.0 Å². The Labute approximate surface area is 157 Å². The molecule has 2 aromatic rings. The Morgan fingerprint density at radius 2 is 2.04 bits per heavy atom. The van der Waals surface area contributed by atoms with E-state index in [9.17, 15) is 9.18 Å². The van der Waals surface area contributed by atoms with Crippen LogP contribution in [0.4, 0.5) is 4.39 Å². The van der Waals surface area contributed by atoms with Gasteiger partial charge in [0.2, 0.25) is 0 Å². The van der Waals surface area contributed by atoms with E-state index in [4.69, 9.17) is 4.74 Å². The number of carbonyl (C=O) groups is 1. The van der Waals surface area contributed by atoms with E-state index in [0.717, 1.165) is 44.1 Å². The number of nitrogens with one attached hydrogen (secondary N) is 1. The van der Waals surface area contributed by atoms with E-state index in [1.165, 1.54) is 12.1 Å². The van der Waals surface area contributed by atoms with E-state index in [-0.39, 0.29) is 11.7 Å². The van der Waals surface area contributed by atoms with E-state index < -0.39 is 11.9 Å². The lowest BCUT2D eigenvalue weighted by Gasteiger charge is -2.33. The average molecular weight is 373 g/mol. The Balaban J connectivity index is 1.35. The van der Waals surface area contributed by atoms with Gasteiger partial charge in [0.15, 0.2) is 17.7 Å². The van der Waals surface area contributed by atoms with Gasteiger partial charge in [0.05, 0.1) is 6.54 Å². The monoisotopic (exact) mass is 373 g/mol. The highest BCUT2D eigenvalue weighted by atomic mass is 19.1. The SMILES string of the molecule is CC(Oc1ccccc1F)C(=O)N1CCC(c2nnc3n2CCNC3)CC1. The van der Waals surface area contributed by atoms with Gasteiger partial charge in [-0.25, -0.2) is 4.39 Å². The topological polar surface area (TPSA) is 72.3 Å². The molecule has 1 aromatic carbocycles. The van der Waals surface area contributed by atoms with Gasteiger partial charge in [-0.2, -0.15) is 0 Å². The van der Waals surface area contributed by atoms with Gasteiger partial charge in [-0.1, -0.05) is 12.1 Å². The molecule has 1 fully saturated rings. The highest BCUT2D eigenvalue weighted by Crippen LogP contribution is 2.28. The van der Waals surface area contributed by atoms with Crippen molar-refractivity contribution >= 4 is 5.91 Å². The number of piperidine rings is 1. The number of likely N-dealkylation sites (tertiary alicyclic amines) is 1. The molecule has 1 atom stereocenters. The number of aromatic nitrogens is 3. The summed E-state index contributed by atoms with van der Waals surface area (Å²) >= 11 is 0. The van der Waals surface area contributed by atoms with Gasteiger partial charge >= 0.3 is 0 Å². The van der Waals surface area contributed by atoms with Crippen LogP contribution < -0.4 is 10.1 Å². The number of benzene rings is 1. The fourth-order valence-electron chi connectivity index (χ4n) is 3.81. The molecule has 2 aliphatic rings. The van der Waals surface area contributed by atoms with Crippen LogP contribution in [0.25, 0.3) is 0 Å². The van der Waals surface area contributed by atoms with Gasteiger partial charge in [0, 0.05) is 32.1 Å². The van der Waals surface area contributed by atoms with E-state index in [0.29, 0.717) is 19.0 Å². The lowest BCUT2D eigenvalue weighted by molar-refractivity contribution is -0.139. The summed E-state index contributed by atoms with van der Waals surface area (Å²) in [5.74, 6) is 1.88. The lowest BCUT2D eigenvalue weighted by atomic mass is 9.95. The number of ether oxygens (including phenoxy) is 1. The van der Waals surface area contributed by atoms with Crippen LogP contribution in [-0.4, -0.2) is 51.3 Å². The molecule has 27 heavy (non-hydrogen) atoms. The molecule has 0 aliphatic carbocycles. The number of para-hydroxylation sites is 1. The molecule has 0 radical (unpaired) electrons. The maximum atomic E-state index is 13.7. The summed E-state index contributed by atoms with van der Waals surface area (Å²) in [5, 5.41) is 12.0. The van der Waals surface area contributed by atoms with Crippen molar-refractivity contribution in [2.75, 3.05) is 19.6 Å². The minimum atomic E-state index is -0.717. The van der Waals surface area contributed by atoms with E-state index >= 15 is 0 Å². The van der Waals surface area contributed by atoms with Gasteiger partial charge in [0.1, 0.15) is 11.6 Å². The number of rotatable bonds is 4. The average Bonchev–Trinajstić information content (AvgIpc) is 3.13. The van der Waals surface area contributed by atoms with Gasteiger partial charge in [-0.05, 0) is 31.9 Å². The van der Waals surface area contributed by atoms with Crippen molar-refractivity contribution in [3.05, 3.63) is 41.7 Å². The molecule has 0 spiro atoms. The molecular formula is C19H24FN5O2. The number of hydrogen-bond acceptors (Lipinski definition) is 5. The number of nitrogens with zero attached hydrogens (tertiary/aromatic N) is 4. The van der Waals surface area contributed by atoms with Crippen molar-refractivity contribution in [1.29, 1.82) is 0 Å². The third-order valence-electron chi connectivity index (χ3n) is 5.31. The van der Waals surface area contributed by atoms with Crippen LogP contribution >= 0.6 is 0 Å². The first-order chi connectivity index (χ1) is 13.1. The fraction of sp³-hybridized carbons (Fsp3) is 0.526. The fourth-order valence-corrected chi connectivity index (χ4v) is 3.81. The van der Waals surface area contributed by atoms with Crippen LogP contribution in [0.1, 0.15) is 37.3 Å². The van der Waals surface area contributed by atoms with Crippen LogP contribution in [0.5, 0.6) is 5.75 Å². The first-order valence-corrected chi connectivity index (χ1v) is 9.46. The summed E-state index contributed by atoms with van der Waals surface area (Å²) in [6.45, 7) is 5.55. The van der Waals surface area contributed by atoms with Gasteiger partial charge in [0.25, 0.3) is 5.91 Å². The van der Waals surface area contributed by atoms with Gasteiger partial charge in [-0.15, -0.1) is 10.2 Å². The number of amides is 1. The molecule has 2 aliphatic heterocycles. The molecule has 0 bridgehead atoms. The number of halogens is 1. The van der Waals surface area contributed by atoms with Crippen molar-refractivity contribution in [3.63, 3.8) is 0 Å². The first kappa shape index (κ1) is 17.9. The van der Waals surface area contributed by atoms with Crippen LogP contribution in [0.2, 0.25) is 0 Å². The normalized spacial score (nSPS) is 18.8. The highest BCUT2D eigenvalue weighted by Gasteiger charge is 2.31. The highest BCUT2D eigenvalue weighted by molar-refractivity contribution is 5.81. The predicted molar refractivity (Wildman–Crippen MR) is 96.8 cm³/mol. The molecule has 8 heteroatoms. The second-order valence-corrected chi connectivity index (χ2v) is 7.09. The molecule has 1 N–H and O–H groups in total. The van der Waals surface area contributed by atoms with Crippen LogP contribution in [0, 0.1) is 5.82 Å². The summed E-state index contributed by atoms with van der Waals surface area (Å²) in [5.41, 5.74) is 0. The zero-order valence-electron chi connectivity index (χ0n) is 15.4. The zero-order valence-corrected chi connectivity index (χ0v) is 15.4. The van der Waals surface area contributed by atoms with Crippen molar-refractivity contribution < 1.29 is 13.9 Å². The second kappa shape index (κ2) is 7.64. The molecule has 0 saturated carbocycles. The van der Waals surface area contributed by atoms with Crippen molar-refractivity contribution in [1.82, 2.24) is 25.0 Å². The van der Waals surface area contributed by atoms with E-state index in [1.807, 2.05) is 0 Å². The Hall–Kier alpha value is -2.48. The Morgan fingerprint density at radius 3 is 2.81 bits per heavy atom. The van der Waals surface area contributed by atoms with Crippen molar-refractivity contribution in [3.8, 4) is 5.75 Å². The summed E-state index contributed by atoms with van der Waals surface area (Å²) in [6.07, 6.45) is 0.985. The number of fused-ring (bicyclic) bond motifs is 1. The van der Waals surface area contributed by atoms with Crippen molar-refractivity contribution in [2.24, 2.45) is 0 Å². The summed E-state index contributed by atoms with van der Waals surface area (Å²) in [6, 6.07) is 6.15. The zero-order chi connectivity index (χ0) is 18.8. The number of carbonyl (C=O) groups excluding carboxylic acids is 1. The van der Waals surface area contributed by atoms with Crippen LogP contribution in [0.3, 0.4) is 0 Å². The first-order valence-electron chi connectivity index (χ1n) is 9.46. The third-order valence-corrected chi connectivity index (χ3v) is 5.31. The number of hydrogen-bond donors (Lipinski definition) is 1. The minimum absolute atomic E-state index is 0.107. The largest absolute Gasteiger partial charge is 0.478 e. The Bertz CT molecular complexity index is 816. The predicted octanol–water partition coefficient (Wildman–Crippen LogP) is 1.69. The van der Waals surface area contributed by atoms with Gasteiger partial charge in [-0.3, -0.25) is 4.79 Å². The lowest BCUT2D eigenvalue weighted by Crippen LogP contribution is -2.44. The smallest absolute Gasteiger partial charge is 0.263 e. The molecular weight excluding hydrogens is 349 g/mol. The van der Waals surface area contributed by atoms with Crippen molar-refractivity contribution in [2.45, 2.75) is 44.9 Å². The molecule has 1 amide bonds. The van der Waals surface area contributed by atoms with Gasteiger partial charge < -0.3 is 19.5 Å². The minimum Gasteiger partial charge on any atom is -0.478 e.